The first-order valence-corrected chi connectivity index (χ1v) is 5.84. The molecule has 0 amide bonds. The molecule has 0 saturated carbocycles. The summed E-state index contributed by atoms with van der Waals surface area (Å²) in [7, 11) is 0. The Hall–Kier alpha value is -1.39. The fraction of sp³-hybridized carbons (Fsp3) is 0.462. The van der Waals surface area contributed by atoms with Crippen molar-refractivity contribution in [2.24, 2.45) is 5.92 Å². The van der Waals surface area contributed by atoms with Crippen LogP contribution in [0.3, 0.4) is 0 Å². The summed E-state index contributed by atoms with van der Waals surface area (Å²) in [5, 5.41) is 12.0. The lowest BCUT2D eigenvalue weighted by Crippen LogP contribution is -2.32. The van der Waals surface area contributed by atoms with Crippen molar-refractivity contribution in [2.45, 2.75) is 19.1 Å². The molecule has 0 radical (unpaired) electrons. The lowest BCUT2D eigenvalue weighted by atomic mass is 10.1. The first kappa shape index (κ1) is 12.1. The molecule has 17 heavy (non-hydrogen) atoms. The van der Waals surface area contributed by atoms with E-state index in [0.29, 0.717) is 19.6 Å². The smallest absolute Gasteiger partial charge is 0.323 e. The topological polar surface area (TPSA) is 58.6 Å². The van der Waals surface area contributed by atoms with Crippen molar-refractivity contribution in [1.82, 2.24) is 5.32 Å². The van der Waals surface area contributed by atoms with E-state index in [1.807, 2.05) is 30.3 Å². The number of aliphatic hydroxyl groups is 1. The maximum absolute atomic E-state index is 11.7. The summed E-state index contributed by atoms with van der Waals surface area (Å²) in [5.74, 6) is -0.0610. The first-order chi connectivity index (χ1) is 8.29. The summed E-state index contributed by atoms with van der Waals surface area (Å²) in [6, 6.07) is 9.33. The second kappa shape index (κ2) is 5.80. The quantitative estimate of drug-likeness (QED) is 0.754. The average molecular weight is 235 g/mol. The molecule has 0 aromatic heterocycles. The van der Waals surface area contributed by atoms with Gasteiger partial charge in [0, 0.05) is 13.2 Å². The molecule has 2 N–H and O–H groups in total. The van der Waals surface area contributed by atoms with E-state index in [4.69, 9.17) is 9.84 Å². The summed E-state index contributed by atoms with van der Waals surface area (Å²) < 4.78 is 5.22. The van der Waals surface area contributed by atoms with Crippen LogP contribution in [-0.4, -0.2) is 30.3 Å². The maximum atomic E-state index is 11.7. The van der Waals surface area contributed by atoms with E-state index in [9.17, 15) is 4.79 Å². The van der Waals surface area contributed by atoms with Gasteiger partial charge in [-0.25, -0.2) is 0 Å². The molecular formula is C13H17NO3. The zero-order chi connectivity index (χ0) is 12.1. The molecule has 4 heteroatoms. The summed E-state index contributed by atoms with van der Waals surface area (Å²) in [4.78, 5) is 11.7. The van der Waals surface area contributed by atoms with Crippen LogP contribution in [0.25, 0.3) is 0 Å². The summed E-state index contributed by atoms with van der Waals surface area (Å²) in [5.41, 5.74) is 0.984. The molecule has 0 aliphatic carbocycles. The first-order valence-electron chi connectivity index (χ1n) is 5.84. The summed E-state index contributed by atoms with van der Waals surface area (Å²) in [6.45, 7) is 1.11. The van der Waals surface area contributed by atoms with Crippen molar-refractivity contribution in [1.29, 1.82) is 0 Å². The van der Waals surface area contributed by atoms with Gasteiger partial charge < -0.3 is 15.2 Å². The van der Waals surface area contributed by atoms with E-state index < -0.39 is 0 Å². The van der Waals surface area contributed by atoms with E-state index in [1.54, 1.807) is 0 Å². The number of carbonyl (C=O) groups excluding carboxylic acids is 1. The minimum atomic E-state index is -0.268. The van der Waals surface area contributed by atoms with Gasteiger partial charge in [0.2, 0.25) is 0 Å². The average Bonchev–Trinajstić information content (AvgIpc) is 2.86. The van der Waals surface area contributed by atoms with Gasteiger partial charge in [0.05, 0.1) is 0 Å². The van der Waals surface area contributed by atoms with Gasteiger partial charge in [0.1, 0.15) is 12.6 Å². The molecule has 1 aromatic rings. The molecule has 1 fully saturated rings. The number of esters is 1. The number of ether oxygens (including phenoxy) is 1. The van der Waals surface area contributed by atoms with Crippen molar-refractivity contribution in [3.05, 3.63) is 35.9 Å². The Morgan fingerprint density at radius 1 is 1.41 bits per heavy atom. The van der Waals surface area contributed by atoms with Gasteiger partial charge >= 0.3 is 5.97 Å². The molecule has 0 bridgehead atoms. The van der Waals surface area contributed by atoms with Crippen molar-refractivity contribution in [3.8, 4) is 0 Å². The van der Waals surface area contributed by atoms with E-state index in [2.05, 4.69) is 5.32 Å². The van der Waals surface area contributed by atoms with Crippen LogP contribution in [0, 0.1) is 5.92 Å². The fourth-order valence-corrected chi connectivity index (χ4v) is 1.96. The second-order valence-electron chi connectivity index (χ2n) is 4.34. The number of hydrogen-bond donors (Lipinski definition) is 2. The predicted molar refractivity (Wildman–Crippen MR) is 63.2 cm³/mol. The monoisotopic (exact) mass is 235 g/mol. The minimum Gasteiger partial charge on any atom is -0.460 e. The Morgan fingerprint density at radius 2 is 2.18 bits per heavy atom. The van der Waals surface area contributed by atoms with Gasteiger partial charge in [-0.15, -0.1) is 0 Å². The molecule has 1 saturated heterocycles. The summed E-state index contributed by atoms with van der Waals surface area (Å²) >= 11 is 0. The van der Waals surface area contributed by atoms with Crippen molar-refractivity contribution in [2.75, 3.05) is 13.2 Å². The summed E-state index contributed by atoms with van der Waals surface area (Å²) in [6.07, 6.45) is 0.657. The molecule has 0 unspecified atom stereocenters. The van der Waals surface area contributed by atoms with Gasteiger partial charge in [-0.3, -0.25) is 4.79 Å². The lowest BCUT2D eigenvalue weighted by molar-refractivity contribution is -0.147. The molecular weight excluding hydrogens is 218 g/mol. The van der Waals surface area contributed by atoms with Crippen LogP contribution in [0.4, 0.5) is 0 Å². The highest BCUT2D eigenvalue weighted by molar-refractivity contribution is 5.76. The molecule has 2 rings (SSSR count). The SMILES string of the molecule is O=C(OCc1ccccc1)[C@@H]1C[C@H](CO)CN1. The number of carbonyl (C=O) groups is 1. The maximum Gasteiger partial charge on any atom is 0.323 e. The van der Waals surface area contributed by atoms with Crippen LogP contribution in [0.1, 0.15) is 12.0 Å². The van der Waals surface area contributed by atoms with E-state index in [0.717, 1.165) is 5.56 Å². The fourth-order valence-electron chi connectivity index (χ4n) is 1.96. The van der Waals surface area contributed by atoms with Crippen LogP contribution in [0.15, 0.2) is 30.3 Å². The van der Waals surface area contributed by atoms with Gasteiger partial charge in [-0.1, -0.05) is 30.3 Å². The predicted octanol–water partition coefficient (Wildman–Crippen LogP) is 0.700. The second-order valence-corrected chi connectivity index (χ2v) is 4.34. The van der Waals surface area contributed by atoms with Crippen molar-refractivity contribution in [3.63, 3.8) is 0 Å². The van der Waals surface area contributed by atoms with Crippen LogP contribution < -0.4 is 5.32 Å². The van der Waals surface area contributed by atoms with Gasteiger partial charge in [-0.2, -0.15) is 0 Å². The molecule has 1 aliphatic rings. The number of benzene rings is 1. The molecule has 1 heterocycles. The molecule has 92 valence electrons. The highest BCUT2D eigenvalue weighted by Crippen LogP contribution is 2.14. The van der Waals surface area contributed by atoms with Crippen LogP contribution in [0.5, 0.6) is 0 Å². The number of aliphatic hydroxyl groups excluding tert-OH is 1. The minimum absolute atomic E-state index is 0.121. The largest absolute Gasteiger partial charge is 0.460 e. The van der Waals surface area contributed by atoms with E-state index in [-0.39, 0.29) is 24.5 Å². The Bertz CT molecular complexity index is 366. The number of nitrogens with one attached hydrogen (secondary N) is 1. The molecule has 2 atom stereocenters. The Balaban J connectivity index is 1.78. The zero-order valence-electron chi connectivity index (χ0n) is 9.63. The van der Waals surface area contributed by atoms with Crippen LogP contribution in [-0.2, 0) is 16.1 Å². The Kier molecular flexibility index (Phi) is 4.12. The van der Waals surface area contributed by atoms with Gasteiger partial charge in [-0.05, 0) is 17.9 Å². The van der Waals surface area contributed by atoms with Crippen molar-refractivity contribution < 1.29 is 14.6 Å². The molecule has 1 aromatic carbocycles. The third-order valence-electron chi connectivity index (χ3n) is 2.99. The highest BCUT2D eigenvalue weighted by Gasteiger charge is 2.29. The third-order valence-corrected chi connectivity index (χ3v) is 2.99. The van der Waals surface area contributed by atoms with E-state index in [1.165, 1.54) is 0 Å². The normalized spacial score (nSPS) is 23.6. The zero-order valence-corrected chi connectivity index (χ0v) is 9.63. The van der Waals surface area contributed by atoms with Crippen molar-refractivity contribution >= 4 is 5.97 Å². The van der Waals surface area contributed by atoms with E-state index >= 15 is 0 Å². The molecule has 1 aliphatic heterocycles. The third kappa shape index (κ3) is 3.28. The van der Waals surface area contributed by atoms with Crippen LogP contribution >= 0.6 is 0 Å². The van der Waals surface area contributed by atoms with Gasteiger partial charge in [0.15, 0.2) is 0 Å². The molecule has 0 spiro atoms. The van der Waals surface area contributed by atoms with Crippen LogP contribution in [0.2, 0.25) is 0 Å². The lowest BCUT2D eigenvalue weighted by Gasteiger charge is -2.10. The van der Waals surface area contributed by atoms with Gasteiger partial charge in [0.25, 0.3) is 0 Å². The Morgan fingerprint density at radius 3 is 2.82 bits per heavy atom. The number of rotatable bonds is 4. The highest BCUT2D eigenvalue weighted by atomic mass is 16.5. The standard InChI is InChI=1S/C13H17NO3/c15-8-11-6-12(14-7-11)13(16)17-9-10-4-2-1-3-5-10/h1-5,11-12,14-15H,6-9H2/t11-,12-/m0/s1. The Labute approximate surface area is 101 Å². The molecule has 4 nitrogen and oxygen atoms in total. The number of hydrogen-bond acceptors (Lipinski definition) is 4.